The molecule has 1 aromatic carbocycles. The Labute approximate surface area is 100 Å². The Kier molecular flexibility index (Phi) is 3.17. The topological polar surface area (TPSA) is 80.5 Å². The van der Waals surface area contributed by atoms with Crippen LogP contribution in [0.5, 0.6) is 0 Å². The van der Waals surface area contributed by atoms with Crippen LogP contribution in [0, 0.1) is 0 Å². The van der Waals surface area contributed by atoms with Gasteiger partial charge in [0.25, 0.3) is 0 Å². The van der Waals surface area contributed by atoms with E-state index in [1.54, 1.807) is 0 Å². The molecule has 1 aliphatic heterocycles. The molecule has 0 saturated carbocycles. The van der Waals surface area contributed by atoms with Crippen LogP contribution >= 0.6 is 0 Å². The second-order valence-electron chi connectivity index (χ2n) is 4.18. The van der Waals surface area contributed by atoms with E-state index in [0.717, 1.165) is 5.56 Å². The van der Waals surface area contributed by atoms with Crippen molar-refractivity contribution in [2.75, 3.05) is 6.54 Å². The first kappa shape index (κ1) is 12.1. The van der Waals surface area contributed by atoms with E-state index in [-0.39, 0.29) is 18.9 Å². The molecular weight excluding hydrogens is 240 g/mol. The van der Waals surface area contributed by atoms with Crippen molar-refractivity contribution in [3.63, 3.8) is 0 Å². The van der Waals surface area contributed by atoms with Gasteiger partial charge in [-0.2, -0.15) is 0 Å². The highest BCUT2D eigenvalue weighted by atomic mass is 32.2. The molecule has 1 atom stereocenters. The van der Waals surface area contributed by atoms with Gasteiger partial charge in [0.15, 0.2) is 0 Å². The average Bonchev–Trinajstić information content (AvgIpc) is 2.62. The highest BCUT2D eigenvalue weighted by molar-refractivity contribution is 7.89. The van der Waals surface area contributed by atoms with Crippen LogP contribution in [-0.4, -0.2) is 31.0 Å². The van der Waals surface area contributed by atoms with Gasteiger partial charge in [-0.3, -0.25) is 4.79 Å². The van der Waals surface area contributed by atoms with Crippen molar-refractivity contribution in [1.29, 1.82) is 0 Å². The van der Waals surface area contributed by atoms with Crippen LogP contribution in [-0.2, 0) is 21.4 Å². The van der Waals surface area contributed by atoms with Crippen LogP contribution in [0.1, 0.15) is 12.0 Å². The van der Waals surface area contributed by atoms with E-state index in [1.807, 2.05) is 30.3 Å². The highest BCUT2D eigenvalue weighted by Crippen LogP contribution is 2.18. The van der Waals surface area contributed by atoms with Crippen LogP contribution in [0.4, 0.5) is 0 Å². The Bertz CT molecular complexity index is 513. The number of nitrogens with zero attached hydrogens (tertiary/aromatic N) is 1. The summed E-state index contributed by atoms with van der Waals surface area (Å²) >= 11 is 0. The second-order valence-corrected chi connectivity index (χ2v) is 6.02. The van der Waals surface area contributed by atoms with Gasteiger partial charge in [0.05, 0.1) is 0 Å². The average molecular weight is 254 g/mol. The molecule has 17 heavy (non-hydrogen) atoms. The fourth-order valence-electron chi connectivity index (χ4n) is 1.91. The van der Waals surface area contributed by atoms with Crippen molar-refractivity contribution in [2.45, 2.75) is 18.2 Å². The summed E-state index contributed by atoms with van der Waals surface area (Å²) < 4.78 is 22.4. The number of sulfonamides is 1. The zero-order chi connectivity index (χ0) is 12.5. The fraction of sp³-hybridized carbons (Fsp3) is 0.364. The predicted molar refractivity (Wildman–Crippen MR) is 63.4 cm³/mol. The Hall–Kier alpha value is -1.40. The minimum absolute atomic E-state index is 0.00827. The van der Waals surface area contributed by atoms with E-state index in [0.29, 0.717) is 6.54 Å². The monoisotopic (exact) mass is 254 g/mol. The molecule has 2 rings (SSSR count). The van der Waals surface area contributed by atoms with Crippen LogP contribution in [0.15, 0.2) is 30.3 Å². The lowest BCUT2D eigenvalue weighted by Crippen LogP contribution is -2.31. The summed E-state index contributed by atoms with van der Waals surface area (Å²) in [6, 6.07) is 9.46. The van der Waals surface area contributed by atoms with E-state index in [2.05, 4.69) is 0 Å². The first-order valence-electron chi connectivity index (χ1n) is 5.30. The van der Waals surface area contributed by atoms with E-state index >= 15 is 0 Å². The third kappa shape index (κ3) is 2.83. The smallest absolute Gasteiger partial charge is 0.224 e. The summed E-state index contributed by atoms with van der Waals surface area (Å²) in [6.45, 7) is 0.623. The molecule has 2 N–H and O–H groups in total. The first-order valence-corrected chi connectivity index (χ1v) is 6.91. The number of likely N-dealkylation sites (tertiary alicyclic amines) is 1. The predicted octanol–water partition coefficient (Wildman–Crippen LogP) is 0.0760. The Morgan fingerprint density at radius 1 is 1.29 bits per heavy atom. The summed E-state index contributed by atoms with van der Waals surface area (Å²) in [5.74, 6) is -0.159. The van der Waals surface area contributed by atoms with Gasteiger partial charge in [-0.15, -0.1) is 0 Å². The number of amides is 1. The van der Waals surface area contributed by atoms with Gasteiger partial charge in [0.2, 0.25) is 15.9 Å². The molecule has 5 nitrogen and oxygen atoms in total. The normalized spacial score (nSPS) is 20.9. The molecule has 1 aromatic rings. The summed E-state index contributed by atoms with van der Waals surface area (Å²) in [6.07, 6.45) is -0.00827. The minimum Gasteiger partial charge on any atom is -0.337 e. The van der Waals surface area contributed by atoms with Crippen molar-refractivity contribution in [1.82, 2.24) is 4.90 Å². The van der Waals surface area contributed by atoms with Crippen LogP contribution in [0.3, 0.4) is 0 Å². The van der Waals surface area contributed by atoms with E-state index in [4.69, 9.17) is 5.14 Å². The third-order valence-electron chi connectivity index (χ3n) is 2.86. The zero-order valence-electron chi connectivity index (χ0n) is 9.24. The summed E-state index contributed by atoms with van der Waals surface area (Å²) in [5, 5.41) is 4.29. The lowest BCUT2D eigenvalue weighted by atomic mass is 10.2. The molecular formula is C11H14N2O3S. The van der Waals surface area contributed by atoms with Gasteiger partial charge in [0, 0.05) is 19.5 Å². The number of carbonyl (C=O) groups is 1. The maximum absolute atomic E-state index is 11.6. The number of nitrogens with two attached hydrogens (primary N) is 1. The number of rotatable bonds is 3. The lowest BCUT2D eigenvalue weighted by molar-refractivity contribution is -0.128. The second kappa shape index (κ2) is 4.46. The molecule has 1 amide bonds. The quantitative estimate of drug-likeness (QED) is 0.829. The zero-order valence-corrected chi connectivity index (χ0v) is 10.1. The van der Waals surface area contributed by atoms with Gasteiger partial charge < -0.3 is 4.90 Å². The SMILES string of the molecule is NS(=O)(=O)C1CC(=O)N(Cc2ccccc2)C1. The molecule has 0 radical (unpaired) electrons. The number of benzene rings is 1. The van der Waals surface area contributed by atoms with Crippen LogP contribution in [0.25, 0.3) is 0 Å². The Balaban J connectivity index is 2.07. The molecule has 1 saturated heterocycles. The molecule has 1 unspecified atom stereocenters. The number of hydrogen-bond donors (Lipinski definition) is 1. The fourth-order valence-corrected chi connectivity index (χ4v) is 2.68. The van der Waals surface area contributed by atoms with Gasteiger partial charge in [0.1, 0.15) is 5.25 Å². The van der Waals surface area contributed by atoms with Gasteiger partial charge in [-0.05, 0) is 5.56 Å². The molecule has 6 heteroatoms. The lowest BCUT2D eigenvalue weighted by Gasteiger charge is -2.16. The van der Waals surface area contributed by atoms with Gasteiger partial charge in [-0.1, -0.05) is 30.3 Å². The largest absolute Gasteiger partial charge is 0.337 e. The van der Waals surface area contributed by atoms with E-state index in [1.165, 1.54) is 4.90 Å². The molecule has 1 heterocycles. The summed E-state index contributed by atoms with van der Waals surface area (Å²) in [5.41, 5.74) is 0.982. The standard InChI is InChI=1S/C11H14N2O3S/c12-17(15,16)10-6-11(14)13(8-10)7-9-4-2-1-3-5-9/h1-5,10H,6-8H2,(H2,12,15,16). The first-order chi connectivity index (χ1) is 7.97. The molecule has 0 spiro atoms. The number of hydrogen-bond acceptors (Lipinski definition) is 3. The van der Waals surface area contributed by atoms with Crippen molar-refractivity contribution in [3.05, 3.63) is 35.9 Å². The van der Waals surface area contributed by atoms with Crippen molar-refractivity contribution >= 4 is 15.9 Å². The number of primary sulfonamides is 1. The van der Waals surface area contributed by atoms with Gasteiger partial charge >= 0.3 is 0 Å². The van der Waals surface area contributed by atoms with Crippen molar-refractivity contribution in [2.24, 2.45) is 5.14 Å². The van der Waals surface area contributed by atoms with Crippen LogP contribution < -0.4 is 5.14 Å². The highest BCUT2D eigenvalue weighted by Gasteiger charge is 2.36. The molecule has 0 bridgehead atoms. The molecule has 1 fully saturated rings. The Morgan fingerprint density at radius 2 is 1.94 bits per heavy atom. The number of carbonyl (C=O) groups excluding carboxylic acids is 1. The molecule has 92 valence electrons. The maximum atomic E-state index is 11.6. The minimum atomic E-state index is -3.62. The van der Waals surface area contributed by atoms with Crippen molar-refractivity contribution in [3.8, 4) is 0 Å². The summed E-state index contributed by atoms with van der Waals surface area (Å²) in [7, 11) is -3.62. The molecule has 0 aromatic heterocycles. The van der Waals surface area contributed by atoms with Crippen molar-refractivity contribution < 1.29 is 13.2 Å². The molecule has 0 aliphatic carbocycles. The maximum Gasteiger partial charge on any atom is 0.224 e. The van der Waals surface area contributed by atoms with Crippen LogP contribution in [0.2, 0.25) is 0 Å². The Morgan fingerprint density at radius 3 is 2.47 bits per heavy atom. The molecule has 1 aliphatic rings. The van der Waals surface area contributed by atoms with E-state index in [9.17, 15) is 13.2 Å². The summed E-state index contributed by atoms with van der Waals surface area (Å²) in [4.78, 5) is 13.2. The van der Waals surface area contributed by atoms with Gasteiger partial charge in [-0.25, -0.2) is 13.6 Å². The van der Waals surface area contributed by atoms with E-state index < -0.39 is 15.3 Å². The third-order valence-corrected chi connectivity index (χ3v) is 4.10.